The summed E-state index contributed by atoms with van der Waals surface area (Å²) in [5.74, 6) is 2.05. The van der Waals surface area contributed by atoms with Crippen molar-refractivity contribution in [1.82, 2.24) is 24.5 Å². The van der Waals surface area contributed by atoms with Gasteiger partial charge in [-0.2, -0.15) is 0 Å². The van der Waals surface area contributed by atoms with Gasteiger partial charge in [0.15, 0.2) is 11.6 Å². The van der Waals surface area contributed by atoms with Gasteiger partial charge in [0, 0.05) is 49.7 Å². The summed E-state index contributed by atoms with van der Waals surface area (Å²) in [6.45, 7) is 1.19. The molecule has 0 atom stereocenters. The van der Waals surface area contributed by atoms with Crippen LogP contribution in [0.2, 0.25) is 0 Å². The number of hydrogen-bond donors (Lipinski definition) is 1. The second kappa shape index (κ2) is 8.86. The molecule has 7 nitrogen and oxygen atoms in total. The van der Waals surface area contributed by atoms with E-state index in [1.165, 1.54) is 0 Å². The van der Waals surface area contributed by atoms with Crippen molar-refractivity contribution in [2.24, 2.45) is 7.05 Å². The molecule has 0 saturated carbocycles. The molecule has 5 rings (SSSR count). The second-order valence-electron chi connectivity index (χ2n) is 7.24. The van der Waals surface area contributed by atoms with Crippen LogP contribution < -0.4 is 5.32 Å². The number of aromatic nitrogens is 5. The predicted octanol–water partition coefficient (Wildman–Crippen LogP) is 4.88. The highest BCUT2D eigenvalue weighted by atomic mass is 32.1. The predicted molar refractivity (Wildman–Crippen MR) is 129 cm³/mol. The summed E-state index contributed by atoms with van der Waals surface area (Å²) in [5, 5.41) is 4.41. The Balaban J connectivity index is 1.80. The van der Waals surface area contributed by atoms with Crippen LogP contribution in [0.5, 0.6) is 0 Å². The van der Waals surface area contributed by atoms with Gasteiger partial charge in [0.1, 0.15) is 10.6 Å². The molecule has 0 amide bonds. The maximum Gasteiger partial charge on any atom is 0.199 e. The van der Waals surface area contributed by atoms with Gasteiger partial charge in [0.25, 0.3) is 0 Å². The number of ether oxygens (including phenoxy) is 1. The molecule has 0 unspecified atom stereocenters. The summed E-state index contributed by atoms with van der Waals surface area (Å²) in [5.41, 5.74) is 3.04. The summed E-state index contributed by atoms with van der Waals surface area (Å²) in [7, 11) is 3.63. The summed E-state index contributed by atoms with van der Waals surface area (Å²) in [4.78, 5) is 20.9. The van der Waals surface area contributed by atoms with E-state index >= 15 is 0 Å². The van der Waals surface area contributed by atoms with Crippen molar-refractivity contribution in [3.8, 4) is 33.3 Å². The topological polar surface area (TPSA) is 77.8 Å². The number of thiophene rings is 1. The lowest BCUT2D eigenvalue weighted by atomic mass is 10.0. The minimum absolute atomic E-state index is 0.567. The number of hydrogen-bond acceptors (Lipinski definition) is 7. The SMILES string of the molecule is COCCNc1nc(-c2nccn2C)nc2sc(-c3ccccc3)c(-c3ccccn3)c12. The largest absolute Gasteiger partial charge is 0.383 e. The Morgan fingerprint density at radius 1 is 1.00 bits per heavy atom. The average Bonchev–Trinajstić information content (AvgIpc) is 3.44. The van der Waals surface area contributed by atoms with E-state index in [-0.39, 0.29) is 0 Å². The minimum Gasteiger partial charge on any atom is -0.383 e. The molecule has 32 heavy (non-hydrogen) atoms. The van der Waals surface area contributed by atoms with Crippen molar-refractivity contribution < 1.29 is 4.74 Å². The molecule has 4 heterocycles. The van der Waals surface area contributed by atoms with E-state index in [0.717, 1.165) is 43.6 Å². The van der Waals surface area contributed by atoms with E-state index in [9.17, 15) is 0 Å². The number of rotatable bonds is 7. The van der Waals surface area contributed by atoms with E-state index in [4.69, 9.17) is 14.7 Å². The van der Waals surface area contributed by atoms with Crippen LogP contribution in [-0.2, 0) is 11.8 Å². The Kier molecular flexibility index (Phi) is 5.62. The fourth-order valence-electron chi connectivity index (χ4n) is 3.63. The number of imidazole rings is 1. The molecule has 1 N–H and O–H groups in total. The highest BCUT2D eigenvalue weighted by Crippen LogP contribution is 2.46. The van der Waals surface area contributed by atoms with E-state index in [0.29, 0.717) is 19.0 Å². The standard InChI is InChI=1S/C24H22N6OS/c1-30-14-12-27-23(30)22-28-21(26-13-15-31-2)19-18(17-10-6-7-11-25-17)20(32-24(19)29-22)16-8-4-3-5-9-16/h3-12,14H,13,15H2,1-2H3,(H,26,28,29). The van der Waals surface area contributed by atoms with Crippen LogP contribution in [0.3, 0.4) is 0 Å². The zero-order chi connectivity index (χ0) is 21.9. The lowest BCUT2D eigenvalue weighted by Crippen LogP contribution is -2.10. The number of anilines is 1. The number of benzene rings is 1. The number of aryl methyl sites for hydroxylation is 1. The zero-order valence-electron chi connectivity index (χ0n) is 17.8. The molecular weight excluding hydrogens is 420 g/mol. The van der Waals surface area contributed by atoms with Crippen molar-refractivity contribution in [3.05, 3.63) is 67.1 Å². The van der Waals surface area contributed by atoms with E-state index in [2.05, 4.69) is 27.4 Å². The quantitative estimate of drug-likeness (QED) is 0.362. The van der Waals surface area contributed by atoms with Crippen LogP contribution in [0.15, 0.2) is 67.1 Å². The summed E-state index contributed by atoms with van der Waals surface area (Å²) >= 11 is 1.64. The smallest absolute Gasteiger partial charge is 0.199 e. The average molecular weight is 443 g/mol. The third-order valence-corrected chi connectivity index (χ3v) is 6.26. The van der Waals surface area contributed by atoms with E-state index in [1.807, 2.05) is 60.4 Å². The first-order valence-electron chi connectivity index (χ1n) is 10.3. The van der Waals surface area contributed by atoms with Crippen molar-refractivity contribution in [2.75, 3.05) is 25.6 Å². The first-order valence-corrected chi connectivity index (χ1v) is 11.1. The molecule has 0 radical (unpaired) electrons. The molecule has 0 aliphatic heterocycles. The molecule has 0 aliphatic rings. The summed E-state index contributed by atoms with van der Waals surface area (Å²) in [6.07, 6.45) is 5.46. The Hall–Kier alpha value is -3.62. The number of methoxy groups -OCH3 is 1. The third kappa shape index (κ3) is 3.74. The normalized spacial score (nSPS) is 11.2. The van der Waals surface area contributed by atoms with Crippen LogP contribution in [0.4, 0.5) is 5.82 Å². The lowest BCUT2D eigenvalue weighted by molar-refractivity contribution is 0.210. The molecule has 1 aromatic carbocycles. The maximum atomic E-state index is 5.25. The molecule has 0 aliphatic carbocycles. The molecule has 8 heteroatoms. The van der Waals surface area contributed by atoms with Gasteiger partial charge >= 0.3 is 0 Å². The van der Waals surface area contributed by atoms with Gasteiger partial charge in [-0.15, -0.1) is 11.3 Å². The molecule has 5 aromatic rings. The monoisotopic (exact) mass is 442 g/mol. The van der Waals surface area contributed by atoms with Gasteiger partial charge in [-0.05, 0) is 17.7 Å². The second-order valence-corrected chi connectivity index (χ2v) is 8.24. The Morgan fingerprint density at radius 3 is 2.56 bits per heavy atom. The molecular formula is C24H22N6OS. The highest BCUT2D eigenvalue weighted by Gasteiger charge is 2.23. The zero-order valence-corrected chi connectivity index (χ0v) is 18.6. The first-order chi connectivity index (χ1) is 15.8. The van der Waals surface area contributed by atoms with Gasteiger partial charge in [-0.3, -0.25) is 4.98 Å². The van der Waals surface area contributed by atoms with Crippen molar-refractivity contribution in [2.45, 2.75) is 0 Å². The number of nitrogens with zero attached hydrogens (tertiary/aromatic N) is 5. The minimum atomic E-state index is 0.567. The van der Waals surface area contributed by atoms with Crippen molar-refractivity contribution in [1.29, 1.82) is 0 Å². The Morgan fingerprint density at radius 2 is 1.84 bits per heavy atom. The van der Waals surface area contributed by atoms with Crippen molar-refractivity contribution in [3.63, 3.8) is 0 Å². The first kappa shape index (κ1) is 20.3. The van der Waals surface area contributed by atoms with Gasteiger partial charge in [-0.25, -0.2) is 15.0 Å². The summed E-state index contributed by atoms with van der Waals surface area (Å²) < 4.78 is 7.18. The molecule has 0 fully saturated rings. The third-order valence-electron chi connectivity index (χ3n) is 5.13. The number of fused-ring (bicyclic) bond motifs is 1. The fraction of sp³-hybridized carbons (Fsp3) is 0.167. The number of pyridine rings is 1. The van der Waals surface area contributed by atoms with Gasteiger partial charge in [0.2, 0.25) is 0 Å². The van der Waals surface area contributed by atoms with E-state index in [1.54, 1.807) is 24.6 Å². The van der Waals surface area contributed by atoms with Crippen LogP contribution in [0.25, 0.3) is 43.6 Å². The Labute approximate surface area is 189 Å². The Bertz CT molecular complexity index is 1350. The molecule has 0 bridgehead atoms. The van der Waals surface area contributed by atoms with Gasteiger partial charge < -0.3 is 14.6 Å². The van der Waals surface area contributed by atoms with Crippen LogP contribution >= 0.6 is 11.3 Å². The molecule has 4 aromatic heterocycles. The van der Waals surface area contributed by atoms with Gasteiger partial charge in [-0.1, -0.05) is 36.4 Å². The molecule has 160 valence electrons. The lowest BCUT2D eigenvalue weighted by Gasteiger charge is -2.11. The fourth-order valence-corrected chi connectivity index (χ4v) is 4.82. The van der Waals surface area contributed by atoms with E-state index < -0.39 is 0 Å². The molecule has 0 saturated heterocycles. The van der Waals surface area contributed by atoms with Crippen LogP contribution in [0, 0.1) is 0 Å². The number of nitrogens with one attached hydrogen (secondary N) is 1. The van der Waals surface area contributed by atoms with Crippen LogP contribution in [-0.4, -0.2) is 44.8 Å². The van der Waals surface area contributed by atoms with Crippen LogP contribution in [0.1, 0.15) is 0 Å². The maximum absolute atomic E-state index is 5.25. The van der Waals surface area contributed by atoms with Crippen molar-refractivity contribution >= 4 is 27.4 Å². The summed E-state index contributed by atoms with van der Waals surface area (Å²) in [6, 6.07) is 16.3. The van der Waals surface area contributed by atoms with Gasteiger partial charge in [0.05, 0.1) is 17.7 Å². The highest BCUT2D eigenvalue weighted by molar-refractivity contribution is 7.22. The molecule has 0 spiro atoms.